The second-order valence-corrected chi connectivity index (χ2v) is 15.2. The zero-order valence-corrected chi connectivity index (χ0v) is 33.1. The number of benzene rings is 3. The molecule has 2 unspecified atom stereocenters. The van der Waals surface area contributed by atoms with Crippen LogP contribution in [0.25, 0.3) is 0 Å². The van der Waals surface area contributed by atoms with Gasteiger partial charge in [0.1, 0.15) is 16.8 Å². The Morgan fingerprint density at radius 3 is 2.44 bits per heavy atom. The minimum absolute atomic E-state index is 0.0779. The summed E-state index contributed by atoms with van der Waals surface area (Å²) in [5.74, 6) is 1.26. The lowest BCUT2D eigenvalue weighted by Crippen LogP contribution is -2.55. The van der Waals surface area contributed by atoms with Crippen LogP contribution < -0.4 is 30.9 Å². The molecule has 4 heterocycles. The molecule has 3 amide bonds. The van der Waals surface area contributed by atoms with Crippen LogP contribution in [-0.2, 0) is 14.4 Å². The summed E-state index contributed by atoms with van der Waals surface area (Å²) in [7, 11) is 1.61. The third-order valence-corrected chi connectivity index (χ3v) is 11.2. The SMILES string of the molecule is COc1cc(N2CCN(C(=O)CN3CCC(c4ccc(NC5CCC(=O)NC5=O)cc4)CC3)CC2C)ccc1Nc1ncc(Cl)c(Nc2ccccc2C(C)=O)n1. The summed E-state index contributed by atoms with van der Waals surface area (Å²) in [6.45, 7) is 7.71. The van der Waals surface area contributed by atoms with Crippen molar-refractivity contribution in [3.8, 4) is 5.75 Å². The van der Waals surface area contributed by atoms with Gasteiger partial charge >= 0.3 is 0 Å². The van der Waals surface area contributed by atoms with Crippen LogP contribution in [0.4, 0.5) is 34.5 Å². The molecule has 57 heavy (non-hydrogen) atoms. The number of anilines is 6. The van der Waals surface area contributed by atoms with E-state index >= 15 is 0 Å². The van der Waals surface area contributed by atoms with E-state index in [0.29, 0.717) is 84.4 Å². The lowest BCUT2D eigenvalue weighted by Gasteiger charge is -2.42. The number of methoxy groups -OCH3 is 1. The van der Waals surface area contributed by atoms with Gasteiger partial charge in [0.05, 0.1) is 31.2 Å². The molecule has 0 saturated carbocycles. The van der Waals surface area contributed by atoms with E-state index in [4.69, 9.17) is 16.3 Å². The first-order valence-electron chi connectivity index (χ1n) is 19.4. The van der Waals surface area contributed by atoms with Crippen molar-refractivity contribution in [3.05, 3.63) is 89.1 Å². The number of rotatable bonds is 12. The van der Waals surface area contributed by atoms with Crippen LogP contribution in [0.1, 0.15) is 61.4 Å². The Morgan fingerprint density at radius 1 is 0.947 bits per heavy atom. The topological polar surface area (TPSA) is 161 Å². The minimum atomic E-state index is -0.402. The maximum absolute atomic E-state index is 13.5. The van der Waals surface area contributed by atoms with Gasteiger partial charge in [-0.15, -0.1) is 0 Å². The van der Waals surface area contributed by atoms with Crippen LogP contribution >= 0.6 is 11.6 Å². The zero-order valence-electron chi connectivity index (χ0n) is 32.4. The smallest absolute Gasteiger partial charge is 0.249 e. The molecule has 0 bridgehead atoms. The van der Waals surface area contributed by atoms with Gasteiger partial charge in [0.15, 0.2) is 11.6 Å². The molecule has 4 N–H and O–H groups in total. The first kappa shape index (κ1) is 39.5. The second kappa shape index (κ2) is 17.6. The predicted octanol–water partition coefficient (Wildman–Crippen LogP) is 5.96. The Labute approximate surface area is 337 Å². The largest absolute Gasteiger partial charge is 0.494 e. The number of hydrogen-bond donors (Lipinski definition) is 4. The minimum Gasteiger partial charge on any atom is -0.494 e. The summed E-state index contributed by atoms with van der Waals surface area (Å²) in [5.41, 5.74) is 4.90. The molecule has 4 aromatic rings. The van der Waals surface area contributed by atoms with E-state index in [-0.39, 0.29) is 29.5 Å². The summed E-state index contributed by atoms with van der Waals surface area (Å²) in [4.78, 5) is 64.7. The highest BCUT2D eigenvalue weighted by Crippen LogP contribution is 2.35. The van der Waals surface area contributed by atoms with Gasteiger partial charge in [0.25, 0.3) is 0 Å². The third-order valence-electron chi connectivity index (χ3n) is 11.0. The Balaban J connectivity index is 0.895. The van der Waals surface area contributed by atoms with Gasteiger partial charge in [0.2, 0.25) is 23.7 Å². The molecule has 15 heteroatoms. The van der Waals surface area contributed by atoms with Crippen molar-refractivity contribution in [2.45, 2.75) is 57.5 Å². The molecule has 2 atom stereocenters. The van der Waals surface area contributed by atoms with Crippen LogP contribution in [0.5, 0.6) is 5.75 Å². The average molecular weight is 794 g/mol. The van der Waals surface area contributed by atoms with Gasteiger partial charge in [-0.05, 0) is 94.1 Å². The van der Waals surface area contributed by atoms with Crippen molar-refractivity contribution in [2.75, 3.05) is 67.2 Å². The van der Waals surface area contributed by atoms with Gasteiger partial charge in [-0.2, -0.15) is 4.98 Å². The first-order chi connectivity index (χ1) is 27.5. The fraction of sp³-hybridized carbons (Fsp3) is 0.381. The number of aromatic nitrogens is 2. The first-order valence-corrected chi connectivity index (χ1v) is 19.7. The number of ketones is 1. The van der Waals surface area contributed by atoms with E-state index < -0.39 is 6.04 Å². The van der Waals surface area contributed by atoms with Crippen molar-refractivity contribution in [3.63, 3.8) is 0 Å². The Bertz CT molecular complexity index is 2130. The molecule has 7 rings (SSSR count). The van der Waals surface area contributed by atoms with Gasteiger partial charge in [-0.1, -0.05) is 35.9 Å². The number of Topliss-reactive ketones (excluding diaryl/α,β-unsaturated/α-hetero) is 1. The fourth-order valence-electron chi connectivity index (χ4n) is 7.79. The van der Waals surface area contributed by atoms with Crippen molar-refractivity contribution in [1.82, 2.24) is 25.1 Å². The molecule has 298 valence electrons. The van der Waals surface area contributed by atoms with E-state index in [2.05, 4.69) is 60.1 Å². The van der Waals surface area contributed by atoms with Crippen LogP contribution in [0.2, 0.25) is 5.02 Å². The number of hydrogen-bond acceptors (Lipinski definition) is 12. The highest BCUT2D eigenvalue weighted by molar-refractivity contribution is 6.33. The van der Waals surface area contributed by atoms with E-state index in [1.807, 2.05) is 41.3 Å². The summed E-state index contributed by atoms with van der Waals surface area (Å²) in [5, 5.41) is 12.3. The molecule has 1 aromatic heterocycles. The van der Waals surface area contributed by atoms with Crippen LogP contribution in [-0.4, -0.2) is 102 Å². The molecule has 0 spiro atoms. The molecule has 3 aliphatic rings. The zero-order chi connectivity index (χ0) is 40.1. The van der Waals surface area contributed by atoms with Gasteiger partial charge < -0.3 is 30.5 Å². The maximum Gasteiger partial charge on any atom is 0.249 e. The van der Waals surface area contributed by atoms with Crippen LogP contribution in [0.3, 0.4) is 0 Å². The quantitative estimate of drug-likeness (QED) is 0.0986. The third kappa shape index (κ3) is 9.46. The highest BCUT2D eigenvalue weighted by atomic mass is 35.5. The number of amides is 3. The van der Waals surface area contributed by atoms with Crippen molar-refractivity contribution >= 4 is 69.6 Å². The number of piperazine rings is 1. The number of imide groups is 1. The number of carbonyl (C=O) groups excluding carboxylic acids is 4. The summed E-state index contributed by atoms with van der Waals surface area (Å²) < 4.78 is 5.78. The van der Waals surface area contributed by atoms with Gasteiger partial charge in [0, 0.05) is 55.1 Å². The van der Waals surface area contributed by atoms with Crippen molar-refractivity contribution < 1.29 is 23.9 Å². The summed E-state index contributed by atoms with van der Waals surface area (Å²) in [6, 6.07) is 21.0. The number of para-hydroxylation sites is 1. The molecule has 14 nitrogen and oxygen atoms in total. The predicted molar refractivity (Wildman–Crippen MR) is 221 cm³/mol. The van der Waals surface area contributed by atoms with E-state index in [1.165, 1.54) is 18.7 Å². The number of likely N-dealkylation sites (tertiary alicyclic amines) is 1. The van der Waals surface area contributed by atoms with Crippen molar-refractivity contribution in [2.24, 2.45) is 0 Å². The number of carbonyl (C=O) groups is 4. The molecular formula is C42H48ClN9O5. The standard InChI is InChI=1S/C42H48ClN9O5/c1-26-24-51(39(55)25-50-18-16-29(17-19-50)28-8-10-30(11-9-28)45-36-14-15-38(54)48-41(36)56)20-21-52(26)31-12-13-35(37(22-31)57-3)47-42-44-23-33(43)40(49-42)46-34-7-5-4-6-32(34)27(2)53/h4-13,22-23,26,29,36,45H,14-21,24-25H2,1-3H3,(H,48,54,56)(H2,44,46,47,49). The number of piperidine rings is 2. The van der Waals surface area contributed by atoms with Crippen LogP contribution in [0.15, 0.2) is 72.9 Å². The normalized spacial score (nSPS) is 19.2. The van der Waals surface area contributed by atoms with E-state index in [0.717, 1.165) is 37.3 Å². The average Bonchev–Trinajstić information content (AvgIpc) is 3.21. The lowest BCUT2D eigenvalue weighted by atomic mass is 9.89. The summed E-state index contributed by atoms with van der Waals surface area (Å²) >= 11 is 6.42. The molecule has 3 saturated heterocycles. The number of ether oxygens (including phenoxy) is 1. The number of nitrogens with one attached hydrogen (secondary N) is 4. The Kier molecular flexibility index (Phi) is 12.2. The van der Waals surface area contributed by atoms with E-state index in [1.54, 1.807) is 25.3 Å². The molecule has 3 aliphatic heterocycles. The highest BCUT2D eigenvalue weighted by Gasteiger charge is 2.30. The monoisotopic (exact) mass is 793 g/mol. The second-order valence-electron chi connectivity index (χ2n) is 14.8. The molecular weight excluding hydrogens is 746 g/mol. The molecule has 0 radical (unpaired) electrons. The maximum atomic E-state index is 13.5. The Hall–Kier alpha value is -5.73. The molecule has 3 aromatic carbocycles. The lowest BCUT2D eigenvalue weighted by molar-refractivity contribution is -0.134. The Morgan fingerprint density at radius 2 is 1.72 bits per heavy atom. The molecule has 3 fully saturated rings. The number of nitrogens with zero attached hydrogens (tertiary/aromatic N) is 5. The van der Waals surface area contributed by atoms with Gasteiger partial charge in [-0.3, -0.25) is 29.4 Å². The van der Waals surface area contributed by atoms with Gasteiger partial charge in [-0.25, -0.2) is 4.98 Å². The van der Waals surface area contributed by atoms with E-state index in [9.17, 15) is 19.2 Å². The van der Waals surface area contributed by atoms with Crippen LogP contribution in [0, 0.1) is 0 Å². The van der Waals surface area contributed by atoms with Crippen molar-refractivity contribution in [1.29, 1.82) is 0 Å². The summed E-state index contributed by atoms with van der Waals surface area (Å²) in [6.07, 6.45) is 4.28. The fourth-order valence-corrected chi connectivity index (χ4v) is 7.93. The molecule has 0 aliphatic carbocycles. The number of halogens is 1.